The average molecular weight is 249 g/mol. The molecule has 0 amide bonds. The van der Waals surface area contributed by atoms with Gasteiger partial charge in [0.1, 0.15) is 11.4 Å². The summed E-state index contributed by atoms with van der Waals surface area (Å²) in [5.41, 5.74) is 6.85. The highest BCUT2D eigenvalue weighted by Crippen LogP contribution is 2.32. The first-order valence-corrected chi connectivity index (χ1v) is 6.05. The van der Waals surface area contributed by atoms with E-state index in [0.29, 0.717) is 22.8 Å². The first-order valence-electron chi connectivity index (χ1n) is 5.24. The maximum atomic E-state index is 13.9. The molecule has 0 fully saturated rings. The number of hydrogen-bond donors (Lipinski definition) is 1. The summed E-state index contributed by atoms with van der Waals surface area (Å²) in [6.07, 6.45) is 1.93. The highest BCUT2D eigenvalue weighted by Gasteiger charge is 2.11. The van der Waals surface area contributed by atoms with Crippen molar-refractivity contribution in [3.63, 3.8) is 0 Å². The number of para-hydroxylation sites is 1. The monoisotopic (exact) mass is 249 g/mol. The highest BCUT2D eigenvalue weighted by molar-refractivity contribution is 7.99. The third-order valence-electron chi connectivity index (χ3n) is 2.29. The van der Waals surface area contributed by atoms with Crippen LogP contribution in [0.4, 0.5) is 10.1 Å². The van der Waals surface area contributed by atoms with Gasteiger partial charge in [0.25, 0.3) is 0 Å². The van der Waals surface area contributed by atoms with Crippen LogP contribution in [0.3, 0.4) is 0 Å². The van der Waals surface area contributed by atoms with Gasteiger partial charge in [-0.25, -0.2) is 14.4 Å². The fourth-order valence-corrected chi connectivity index (χ4v) is 2.23. The summed E-state index contributed by atoms with van der Waals surface area (Å²) >= 11 is 1.22. The molecule has 88 valence electrons. The van der Waals surface area contributed by atoms with Crippen LogP contribution in [0.25, 0.3) is 0 Å². The zero-order chi connectivity index (χ0) is 12.3. The zero-order valence-corrected chi connectivity index (χ0v) is 10.2. The molecular formula is C12H12FN3S. The van der Waals surface area contributed by atoms with Gasteiger partial charge in [-0.05, 0) is 18.6 Å². The number of nitrogens with zero attached hydrogens (tertiary/aromatic N) is 2. The second kappa shape index (κ2) is 5.14. The molecule has 1 aromatic heterocycles. The normalized spacial score (nSPS) is 10.5. The fourth-order valence-electron chi connectivity index (χ4n) is 1.38. The molecule has 0 aliphatic heterocycles. The van der Waals surface area contributed by atoms with Crippen LogP contribution >= 0.6 is 11.8 Å². The van der Waals surface area contributed by atoms with E-state index >= 15 is 0 Å². The average Bonchev–Trinajstić information content (AvgIpc) is 2.34. The van der Waals surface area contributed by atoms with E-state index in [4.69, 9.17) is 5.73 Å². The van der Waals surface area contributed by atoms with E-state index in [-0.39, 0.29) is 5.82 Å². The SMILES string of the molecule is CCc1ncnc(Sc2ccccc2N)c1F. The predicted molar refractivity (Wildman–Crippen MR) is 66.3 cm³/mol. The number of anilines is 1. The number of aryl methyl sites for hydroxylation is 1. The molecule has 0 spiro atoms. The maximum absolute atomic E-state index is 13.9. The van der Waals surface area contributed by atoms with Crippen molar-refractivity contribution in [2.75, 3.05) is 5.73 Å². The van der Waals surface area contributed by atoms with Gasteiger partial charge in [-0.1, -0.05) is 30.8 Å². The molecule has 1 heterocycles. The number of nitrogen functional groups attached to an aromatic ring is 1. The predicted octanol–water partition coefficient (Wildman–Crippen LogP) is 2.91. The van der Waals surface area contributed by atoms with E-state index in [1.165, 1.54) is 18.1 Å². The van der Waals surface area contributed by atoms with Crippen molar-refractivity contribution in [2.45, 2.75) is 23.3 Å². The molecule has 0 unspecified atom stereocenters. The zero-order valence-electron chi connectivity index (χ0n) is 9.35. The summed E-state index contributed by atoms with van der Waals surface area (Å²) in [5, 5.41) is 0.315. The fraction of sp³-hybridized carbons (Fsp3) is 0.167. The van der Waals surface area contributed by atoms with Crippen molar-refractivity contribution in [1.82, 2.24) is 9.97 Å². The maximum Gasteiger partial charge on any atom is 0.177 e. The molecule has 1 aromatic carbocycles. The van der Waals surface area contributed by atoms with Crippen molar-refractivity contribution in [1.29, 1.82) is 0 Å². The second-order valence-corrected chi connectivity index (χ2v) is 4.46. The summed E-state index contributed by atoms with van der Waals surface area (Å²) < 4.78 is 13.9. The Morgan fingerprint density at radius 2 is 2.06 bits per heavy atom. The Balaban J connectivity index is 2.34. The molecule has 0 saturated heterocycles. The van der Waals surface area contributed by atoms with Crippen molar-refractivity contribution < 1.29 is 4.39 Å². The number of hydrogen-bond acceptors (Lipinski definition) is 4. The van der Waals surface area contributed by atoms with Gasteiger partial charge in [-0.15, -0.1) is 0 Å². The summed E-state index contributed by atoms with van der Waals surface area (Å²) in [7, 11) is 0. The molecular weight excluding hydrogens is 237 g/mol. The molecule has 0 saturated carbocycles. The Morgan fingerprint density at radius 3 is 2.76 bits per heavy atom. The molecule has 0 aliphatic carbocycles. The number of rotatable bonds is 3. The van der Waals surface area contributed by atoms with E-state index in [1.807, 2.05) is 25.1 Å². The Kier molecular flexibility index (Phi) is 3.58. The largest absolute Gasteiger partial charge is 0.398 e. The molecule has 5 heteroatoms. The van der Waals surface area contributed by atoms with Crippen molar-refractivity contribution >= 4 is 17.4 Å². The van der Waals surface area contributed by atoms with Gasteiger partial charge in [0.05, 0.1) is 5.69 Å². The van der Waals surface area contributed by atoms with Gasteiger partial charge >= 0.3 is 0 Å². The minimum absolute atomic E-state index is 0.315. The van der Waals surface area contributed by atoms with Gasteiger partial charge in [0.2, 0.25) is 0 Å². The quantitative estimate of drug-likeness (QED) is 0.671. The minimum atomic E-state index is -0.358. The lowest BCUT2D eigenvalue weighted by Gasteiger charge is -2.06. The molecule has 17 heavy (non-hydrogen) atoms. The second-order valence-electron chi connectivity index (χ2n) is 3.43. The van der Waals surface area contributed by atoms with E-state index < -0.39 is 0 Å². The number of nitrogens with two attached hydrogens (primary N) is 1. The summed E-state index contributed by atoms with van der Waals surface area (Å²) in [6.45, 7) is 1.86. The van der Waals surface area contributed by atoms with Gasteiger partial charge < -0.3 is 5.73 Å². The van der Waals surface area contributed by atoms with Gasteiger partial charge in [0, 0.05) is 10.6 Å². The highest BCUT2D eigenvalue weighted by atomic mass is 32.2. The standard InChI is InChI=1S/C12H12FN3S/c1-2-9-11(13)12(16-7-15-9)17-10-6-4-3-5-8(10)14/h3-7H,2,14H2,1H3. The van der Waals surface area contributed by atoms with Crippen LogP contribution in [-0.4, -0.2) is 9.97 Å². The molecule has 0 atom stereocenters. The Morgan fingerprint density at radius 1 is 1.29 bits per heavy atom. The van der Waals surface area contributed by atoms with Crippen LogP contribution in [0.5, 0.6) is 0 Å². The lowest BCUT2D eigenvalue weighted by atomic mass is 10.3. The number of aromatic nitrogens is 2. The third-order valence-corrected chi connectivity index (χ3v) is 3.36. The minimum Gasteiger partial charge on any atom is -0.398 e. The number of benzene rings is 1. The Bertz CT molecular complexity index is 531. The van der Waals surface area contributed by atoms with Crippen molar-refractivity contribution in [3.05, 3.63) is 42.1 Å². The lowest BCUT2D eigenvalue weighted by molar-refractivity contribution is 0.559. The van der Waals surface area contributed by atoms with Crippen LogP contribution in [0, 0.1) is 5.82 Å². The van der Waals surface area contributed by atoms with Crippen LogP contribution in [0.15, 0.2) is 40.5 Å². The van der Waals surface area contributed by atoms with Crippen molar-refractivity contribution in [2.24, 2.45) is 0 Å². The summed E-state index contributed by atoms with van der Waals surface area (Å²) in [4.78, 5) is 8.63. The molecule has 3 nitrogen and oxygen atoms in total. The van der Waals surface area contributed by atoms with E-state index in [9.17, 15) is 4.39 Å². The van der Waals surface area contributed by atoms with Crippen LogP contribution in [0.1, 0.15) is 12.6 Å². The molecule has 0 radical (unpaired) electrons. The Hall–Kier alpha value is -1.62. The van der Waals surface area contributed by atoms with Gasteiger partial charge in [-0.3, -0.25) is 0 Å². The molecule has 2 N–H and O–H groups in total. The molecule has 0 aliphatic rings. The van der Waals surface area contributed by atoms with E-state index in [1.54, 1.807) is 6.07 Å². The summed E-state index contributed by atoms with van der Waals surface area (Å²) in [5.74, 6) is -0.358. The van der Waals surface area contributed by atoms with E-state index in [0.717, 1.165) is 4.90 Å². The Labute approximate surface area is 103 Å². The third kappa shape index (κ3) is 2.55. The van der Waals surface area contributed by atoms with Crippen molar-refractivity contribution in [3.8, 4) is 0 Å². The van der Waals surface area contributed by atoms with E-state index in [2.05, 4.69) is 9.97 Å². The molecule has 2 rings (SSSR count). The molecule has 2 aromatic rings. The first kappa shape index (κ1) is 11.9. The topological polar surface area (TPSA) is 51.8 Å². The first-order chi connectivity index (χ1) is 8.22. The number of halogens is 1. The van der Waals surface area contributed by atoms with Gasteiger partial charge in [-0.2, -0.15) is 0 Å². The summed E-state index contributed by atoms with van der Waals surface area (Å²) in [6, 6.07) is 7.32. The lowest BCUT2D eigenvalue weighted by Crippen LogP contribution is -1.98. The van der Waals surface area contributed by atoms with Crippen LogP contribution in [-0.2, 0) is 6.42 Å². The smallest absolute Gasteiger partial charge is 0.177 e. The van der Waals surface area contributed by atoms with Crippen LogP contribution in [0.2, 0.25) is 0 Å². The van der Waals surface area contributed by atoms with Crippen LogP contribution < -0.4 is 5.73 Å². The molecule has 0 bridgehead atoms. The van der Waals surface area contributed by atoms with Gasteiger partial charge in [0.15, 0.2) is 5.82 Å².